The molecule has 7 nitrogen and oxygen atoms in total. The zero-order chi connectivity index (χ0) is 18.5. The molecule has 0 aromatic carbocycles. The van der Waals surface area contributed by atoms with Gasteiger partial charge in [-0.3, -0.25) is 19.3 Å². The highest BCUT2D eigenvalue weighted by atomic mass is 32.1. The SMILES string of the molecule is CCOC(=O)CCC(=O)N1CCN(Cc2nc3c(s2)C(=O)CCC3)CC1. The average Bonchev–Trinajstić information content (AvgIpc) is 3.04. The lowest BCUT2D eigenvalue weighted by Crippen LogP contribution is -2.48. The molecule has 0 bridgehead atoms. The first-order valence-corrected chi connectivity index (χ1v) is 10.1. The number of ether oxygens (including phenoxy) is 1. The van der Waals surface area contributed by atoms with Gasteiger partial charge in [-0.05, 0) is 19.8 Å². The highest BCUT2D eigenvalue weighted by Gasteiger charge is 2.25. The maximum atomic E-state index is 12.2. The molecule has 2 aliphatic rings. The quantitative estimate of drug-likeness (QED) is 0.699. The van der Waals surface area contributed by atoms with Crippen LogP contribution in [0.4, 0.5) is 0 Å². The van der Waals surface area contributed by atoms with Crippen molar-refractivity contribution < 1.29 is 19.1 Å². The van der Waals surface area contributed by atoms with Crippen molar-refractivity contribution in [1.29, 1.82) is 0 Å². The molecule has 0 atom stereocenters. The summed E-state index contributed by atoms with van der Waals surface area (Å²) >= 11 is 1.53. The van der Waals surface area contributed by atoms with Crippen LogP contribution in [0.1, 0.15) is 53.0 Å². The van der Waals surface area contributed by atoms with Gasteiger partial charge >= 0.3 is 5.97 Å². The van der Waals surface area contributed by atoms with E-state index in [0.29, 0.717) is 26.1 Å². The average molecular weight is 379 g/mol. The second-order valence-electron chi connectivity index (χ2n) is 6.62. The van der Waals surface area contributed by atoms with Crippen LogP contribution in [0.2, 0.25) is 0 Å². The van der Waals surface area contributed by atoms with Crippen molar-refractivity contribution in [2.24, 2.45) is 0 Å². The molecule has 1 saturated heterocycles. The predicted molar refractivity (Wildman–Crippen MR) is 97.1 cm³/mol. The Morgan fingerprint density at radius 3 is 2.62 bits per heavy atom. The fourth-order valence-electron chi connectivity index (χ4n) is 3.33. The van der Waals surface area contributed by atoms with Crippen LogP contribution in [0.15, 0.2) is 0 Å². The molecule has 0 saturated carbocycles. The summed E-state index contributed by atoms with van der Waals surface area (Å²) < 4.78 is 4.86. The molecular formula is C18H25N3O4S. The lowest BCUT2D eigenvalue weighted by atomic mass is 10.0. The highest BCUT2D eigenvalue weighted by molar-refractivity contribution is 7.13. The summed E-state index contributed by atoms with van der Waals surface area (Å²) in [6.07, 6.45) is 2.80. The molecule has 8 heteroatoms. The van der Waals surface area contributed by atoms with Gasteiger partial charge in [0.1, 0.15) is 5.01 Å². The minimum atomic E-state index is -0.318. The maximum Gasteiger partial charge on any atom is 0.306 e. The molecule has 142 valence electrons. The van der Waals surface area contributed by atoms with E-state index in [1.807, 2.05) is 4.90 Å². The van der Waals surface area contributed by atoms with Gasteiger partial charge in [-0.25, -0.2) is 4.98 Å². The zero-order valence-electron chi connectivity index (χ0n) is 15.2. The number of aryl methyl sites for hydroxylation is 1. The van der Waals surface area contributed by atoms with Crippen molar-refractivity contribution in [2.45, 2.75) is 45.6 Å². The molecule has 0 unspecified atom stereocenters. The first kappa shape index (κ1) is 19.0. The van der Waals surface area contributed by atoms with Crippen LogP contribution in [0.25, 0.3) is 0 Å². The summed E-state index contributed by atoms with van der Waals surface area (Å²) in [5.41, 5.74) is 0.967. The summed E-state index contributed by atoms with van der Waals surface area (Å²) in [6, 6.07) is 0. The van der Waals surface area contributed by atoms with Crippen molar-refractivity contribution in [3.8, 4) is 0 Å². The number of hydrogen-bond acceptors (Lipinski definition) is 7. The van der Waals surface area contributed by atoms with E-state index >= 15 is 0 Å². The van der Waals surface area contributed by atoms with Crippen molar-refractivity contribution in [1.82, 2.24) is 14.8 Å². The topological polar surface area (TPSA) is 79.8 Å². The highest BCUT2D eigenvalue weighted by Crippen LogP contribution is 2.27. The van der Waals surface area contributed by atoms with Crippen molar-refractivity contribution in [3.63, 3.8) is 0 Å². The van der Waals surface area contributed by atoms with Crippen molar-refractivity contribution >= 4 is 29.0 Å². The summed E-state index contributed by atoms with van der Waals surface area (Å²) in [5, 5.41) is 0.993. The van der Waals surface area contributed by atoms with Gasteiger partial charge in [0.25, 0.3) is 0 Å². The molecule has 1 aliphatic heterocycles. The van der Waals surface area contributed by atoms with E-state index < -0.39 is 0 Å². The summed E-state index contributed by atoms with van der Waals surface area (Å²) in [7, 11) is 0. The number of thiazole rings is 1. The Bertz CT molecular complexity index is 680. The van der Waals surface area contributed by atoms with Crippen molar-refractivity contribution in [2.75, 3.05) is 32.8 Å². The Balaban J connectivity index is 1.44. The Hall–Kier alpha value is -1.80. The Morgan fingerprint density at radius 2 is 1.92 bits per heavy atom. The zero-order valence-corrected chi connectivity index (χ0v) is 16.0. The number of esters is 1. The molecule has 1 aromatic rings. The summed E-state index contributed by atoms with van der Waals surface area (Å²) in [5.74, 6) is -0.0817. The fourth-order valence-corrected chi connectivity index (χ4v) is 4.45. The Kier molecular flexibility index (Phi) is 6.37. The van der Waals surface area contributed by atoms with Gasteiger partial charge in [0, 0.05) is 39.0 Å². The van der Waals surface area contributed by atoms with Gasteiger partial charge in [-0.2, -0.15) is 0 Å². The number of fused-ring (bicyclic) bond motifs is 1. The lowest BCUT2D eigenvalue weighted by Gasteiger charge is -2.34. The number of Topliss-reactive ketones (excluding diaryl/α,β-unsaturated/α-hetero) is 1. The molecule has 1 aliphatic carbocycles. The van der Waals surface area contributed by atoms with E-state index in [1.54, 1.807) is 6.92 Å². The van der Waals surface area contributed by atoms with E-state index in [4.69, 9.17) is 4.74 Å². The van der Waals surface area contributed by atoms with E-state index in [-0.39, 0.29) is 30.5 Å². The molecule has 0 N–H and O–H groups in total. The first-order chi connectivity index (χ1) is 12.6. The summed E-state index contributed by atoms with van der Waals surface area (Å²) in [6.45, 7) is 5.71. The maximum absolute atomic E-state index is 12.2. The number of rotatable bonds is 6. The van der Waals surface area contributed by atoms with Gasteiger partial charge in [0.2, 0.25) is 5.91 Å². The number of hydrogen-bond donors (Lipinski definition) is 0. The first-order valence-electron chi connectivity index (χ1n) is 9.24. The van der Waals surface area contributed by atoms with Gasteiger partial charge in [0.15, 0.2) is 5.78 Å². The summed E-state index contributed by atoms with van der Waals surface area (Å²) in [4.78, 5) is 45.1. The van der Waals surface area contributed by atoms with Crippen LogP contribution in [0.3, 0.4) is 0 Å². The van der Waals surface area contributed by atoms with E-state index in [9.17, 15) is 14.4 Å². The largest absolute Gasteiger partial charge is 0.466 e. The number of nitrogens with zero attached hydrogens (tertiary/aromatic N) is 3. The number of carbonyl (C=O) groups excluding carboxylic acids is 3. The third-order valence-corrected chi connectivity index (χ3v) is 5.87. The Morgan fingerprint density at radius 1 is 1.15 bits per heavy atom. The van der Waals surface area contributed by atoms with Crippen LogP contribution >= 0.6 is 11.3 Å². The van der Waals surface area contributed by atoms with Crippen LogP contribution in [-0.2, 0) is 27.3 Å². The third kappa shape index (κ3) is 4.67. The van der Waals surface area contributed by atoms with Crippen molar-refractivity contribution in [3.05, 3.63) is 15.6 Å². The van der Waals surface area contributed by atoms with Gasteiger partial charge < -0.3 is 9.64 Å². The second-order valence-corrected chi connectivity index (χ2v) is 7.71. The molecule has 1 amide bonds. The molecule has 0 spiro atoms. The van der Waals surface area contributed by atoms with Gasteiger partial charge in [-0.1, -0.05) is 0 Å². The number of amides is 1. The minimum Gasteiger partial charge on any atom is -0.466 e. The predicted octanol–water partition coefficient (Wildman–Crippen LogP) is 1.65. The molecule has 1 fully saturated rings. The van der Waals surface area contributed by atoms with E-state index in [1.165, 1.54) is 11.3 Å². The van der Waals surface area contributed by atoms with Crippen LogP contribution < -0.4 is 0 Å². The lowest BCUT2D eigenvalue weighted by molar-refractivity contribution is -0.146. The third-order valence-electron chi connectivity index (χ3n) is 4.74. The molecule has 2 heterocycles. The molecule has 26 heavy (non-hydrogen) atoms. The van der Waals surface area contributed by atoms with Gasteiger partial charge in [-0.15, -0.1) is 11.3 Å². The molecular weight excluding hydrogens is 354 g/mol. The van der Waals surface area contributed by atoms with Crippen LogP contribution in [-0.4, -0.2) is 65.2 Å². The van der Waals surface area contributed by atoms with Crippen LogP contribution in [0, 0.1) is 0 Å². The van der Waals surface area contributed by atoms with Crippen LogP contribution in [0.5, 0.6) is 0 Å². The number of aromatic nitrogens is 1. The normalized spacial score (nSPS) is 17.9. The number of piperazine rings is 1. The Labute approximate surface area is 157 Å². The minimum absolute atomic E-state index is 0.00742. The molecule has 0 radical (unpaired) electrons. The van der Waals surface area contributed by atoms with Gasteiger partial charge in [0.05, 0.1) is 30.1 Å². The molecule has 1 aromatic heterocycles. The smallest absolute Gasteiger partial charge is 0.306 e. The molecule has 3 rings (SSSR count). The number of ketones is 1. The standard InChI is InChI=1S/C18H25N3O4S/c1-2-25-17(24)7-6-16(23)21-10-8-20(9-11-21)12-15-19-13-4-3-5-14(22)18(13)26-15/h2-12H2,1H3. The van der Waals surface area contributed by atoms with E-state index in [0.717, 1.165) is 48.1 Å². The number of carbonyl (C=O) groups is 3. The monoisotopic (exact) mass is 379 g/mol. The van der Waals surface area contributed by atoms with E-state index in [2.05, 4.69) is 9.88 Å². The second kappa shape index (κ2) is 8.73. The fraction of sp³-hybridized carbons (Fsp3) is 0.667.